The van der Waals surface area contributed by atoms with Gasteiger partial charge >= 0.3 is 5.97 Å². The Kier molecular flexibility index (Phi) is 3.26. The molecule has 0 aromatic carbocycles. The van der Waals surface area contributed by atoms with Crippen molar-refractivity contribution in [2.24, 2.45) is 0 Å². The number of carbonyl (C=O) groups excluding carboxylic acids is 1. The molecule has 6 nitrogen and oxygen atoms in total. The average Bonchev–Trinajstić information content (AvgIpc) is 2.93. The number of rotatable bonds is 2. The van der Waals surface area contributed by atoms with E-state index in [1.807, 2.05) is 17.5 Å². The minimum atomic E-state index is -0.539. The molecule has 21 heavy (non-hydrogen) atoms. The van der Waals surface area contributed by atoms with Gasteiger partial charge in [0.25, 0.3) is 0 Å². The Balaban J connectivity index is 2.12. The van der Waals surface area contributed by atoms with E-state index < -0.39 is 5.97 Å². The maximum absolute atomic E-state index is 11.7. The summed E-state index contributed by atoms with van der Waals surface area (Å²) in [5, 5.41) is 1.97. The number of nitrogen functional groups attached to an aromatic ring is 1. The van der Waals surface area contributed by atoms with Crippen molar-refractivity contribution >= 4 is 33.3 Å². The van der Waals surface area contributed by atoms with Crippen LogP contribution in [-0.4, -0.2) is 28.0 Å². The molecule has 7 heteroatoms. The van der Waals surface area contributed by atoms with Gasteiger partial charge < -0.3 is 10.5 Å². The lowest BCUT2D eigenvalue weighted by Gasteiger charge is -2.08. The van der Waals surface area contributed by atoms with Gasteiger partial charge in [-0.05, 0) is 24.4 Å². The molecule has 2 N–H and O–H groups in total. The Labute approximate surface area is 124 Å². The maximum Gasteiger partial charge on any atom is 0.343 e. The molecule has 0 aliphatic rings. The van der Waals surface area contributed by atoms with Crippen LogP contribution >= 0.6 is 11.3 Å². The Morgan fingerprint density at radius 1 is 1.38 bits per heavy atom. The number of thiophene rings is 1. The molecule has 0 amide bonds. The van der Waals surface area contributed by atoms with Crippen LogP contribution < -0.4 is 5.73 Å². The summed E-state index contributed by atoms with van der Waals surface area (Å²) in [7, 11) is 1.30. The fraction of sp³-hybridized carbons (Fsp3) is 0.143. The summed E-state index contributed by atoms with van der Waals surface area (Å²) >= 11 is 1.59. The minimum Gasteiger partial charge on any atom is -0.465 e. The summed E-state index contributed by atoms with van der Waals surface area (Å²) in [6.07, 6.45) is 1.70. The van der Waals surface area contributed by atoms with Gasteiger partial charge in [0.15, 0.2) is 5.82 Å². The first-order chi connectivity index (χ1) is 10.1. The molecule has 0 aliphatic heterocycles. The number of hydrogen-bond acceptors (Lipinski definition) is 7. The summed E-state index contributed by atoms with van der Waals surface area (Å²) in [4.78, 5) is 24.5. The number of ether oxygens (including phenoxy) is 1. The molecule has 106 valence electrons. The molecule has 0 atom stereocenters. The first-order valence-corrected chi connectivity index (χ1v) is 7.04. The molecular weight excluding hydrogens is 288 g/mol. The van der Waals surface area contributed by atoms with Crippen molar-refractivity contribution < 1.29 is 9.53 Å². The zero-order chi connectivity index (χ0) is 15.0. The fourth-order valence-corrected chi connectivity index (χ4v) is 2.83. The maximum atomic E-state index is 11.7. The van der Waals surface area contributed by atoms with Gasteiger partial charge in [-0.15, -0.1) is 11.3 Å². The molecular formula is C14H12N4O2S. The first kappa shape index (κ1) is 13.4. The van der Waals surface area contributed by atoms with Crippen molar-refractivity contribution in [2.75, 3.05) is 12.8 Å². The van der Waals surface area contributed by atoms with Crippen LogP contribution in [0.1, 0.15) is 16.1 Å². The third kappa shape index (κ3) is 2.31. The number of carbonyl (C=O) groups is 1. The van der Waals surface area contributed by atoms with E-state index in [0.717, 1.165) is 15.8 Å². The van der Waals surface area contributed by atoms with E-state index in [0.29, 0.717) is 11.5 Å². The van der Waals surface area contributed by atoms with Crippen LogP contribution in [0.3, 0.4) is 0 Å². The lowest BCUT2D eigenvalue weighted by Crippen LogP contribution is -2.12. The second-order valence-electron chi connectivity index (χ2n) is 4.41. The van der Waals surface area contributed by atoms with Gasteiger partial charge in [-0.1, -0.05) is 0 Å². The van der Waals surface area contributed by atoms with Crippen LogP contribution in [0.5, 0.6) is 0 Å². The molecule has 3 aromatic rings. The normalized spacial score (nSPS) is 10.8. The van der Waals surface area contributed by atoms with Crippen LogP contribution in [0.2, 0.25) is 0 Å². The zero-order valence-corrected chi connectivity index (χ0v) is 12.3. The Morgan fingerprint density at radius 3 is 2.90 bits per heavy atom. The van der Waals surface area contributed by atoms with E-state index in [-0.39, 0.29) is 11.4 Å². The summed E-state index contributed by atoms with van der Waals surface area (Å²) < 4.78 is 5.73. The van der Waals surface area contributed by atoms with Crippen molar-refractivity contribution in [3.05, 3.63) is 35.0 Å². The van der Waals surface area contributed by atoms with Gasteiger partial charge in [0.1, 0.15) is 11.4 Å². The molecule has 0 radical (unpaired) electrons. The van der Waals surface area contributed by atoms with Crippen molar-refractivity contribution in [3.63, 3.8) is 0 Å². The number of pyridine rings is 1. The molecule has 0 fully saturated rings. The van der Waals surface area contributed by atoms with Crippen LogP contribution in [0.25, 0.3) is 21.6 Å². The summed E-state index contributed by atoms with van der Waals surface area (Å²) in [5.74, 6) is 0.0134. The molecule has 3 heterocycles. The fourth-order valence-electron chi connectivity index (χ4n) is 2.05. The van der Waals surface area contributed by atoms with Crippen LogP contribution in [0, 0.1) is 6.92 Å². The quantitative estimate of drug-likeness (QED) is 0.731. The van der Waals surface area contributed by atoms with Crippen LogP contribution in [0.4, 0.5) is 5.82 Å². The third-order valence-corrected chi connectivity index (χ3v) is 3.92. The smallest absolute Gasteiger partial charge is 0.343 e. The van der Waals surface area contributed by atoms with Crippen LogP contribution in [0.15, 0.2) is 23.7 Å². The summed E-state index contributed by atoms with van der Waals surface area (Å²) in [5.41, 5.74) is 8.23. The van der Waals surface area contributed by atoms with E-state index in [4.69, 9.17) is 5.73 Å². The van der Waals surface area contributed by atoms with E-state index in [1.54, 1.807) is 24.5 Å². The highest BCUT2D eigenvalue weighted by molar-refractivity contribution is 7.17. The van der Waals surface area contributed by atoms with Gasteiger partial charge in [0.2, 0.25) is 0 Å². The van der Waals surface area contributed by atoms with Gasteiger partial charge in [-0.25, -0.2) is 14.8 Å². The number of aromatic nitrogens is 3. The van der Waals surface area contributed by atoms with E-state index >= 15 is 0 Å². The molecule has 0 unspecified atom stereocenters. The van der Waals surface area contributed by atoms with E-state index in [1.165, 1.54) is 7.11 Å². The standard InChI is InChI=1S/C14H12N4O2S/c1-7-11(14(19)20-2)12(15)18-13(17-7)8-5-10-9(16-6-8)3-4-21-10/h3-6H,1-2H3,(H2,15,17,18). The minimum absolute atomic E-state index is 0.107. The predicted molar refractivity (Wildman–Crippen MR) is 81.1 cm³/mol. The van der Waals surface area contributed by atoms with Crippen LogP contribution in [-0.2, 0) is 4.74 Å². The molecule has 3 rings (SSSR count). The predicted octanol–water partition coefficient (Wildman–Crippen LogP) is 2.43. The number of anilines is 1. The molecule has 3 aromatic heterocycles. The monoisotopic (exact) mass is 300 g/mol. The second-order valence-corrected chi connectivity index (χ2v) is 5.36. The highest BCUT2D eigenvalue weighted by atomic mass is 32.1. The molecule has 0 spiro atoms. The Morgan fingerprint density at radius 2 is 2.19 bits per heavy atom. The lowest BCUT2D eigenvalue weighted by molar-refractivity contribution is 0.0600. The number of fused-ring (bicyclic) bond motifs is 1. The van der Waals surface area contributed by atoms with E-state index in [9.17, 15) is 4.79 Å². The van der Waals surface area contributed by atoms with Gasteiger partial charge in [-0.2, -0.15) is 0 Å². The highest BCUT2D eigenvalue weighted by Gasteiger charge is 2.18. The number of nitrogens with two attached hydrogens (primary N) is 1. The first-order valence-electron chi connectivity index (χ1n) is 6.16. The van der Waals surface area contributed by atoms with Crippen molar-refractivity contribution in [3.8, 4) is 11.4 Å². The Hall–Kier alpha value is -2.54. The summed E-state index contributed by atoms with van der Waals surface area (Å²) in [6.45, 7) is 1.70. The number of methoxy groups -OCH3 is 1. The average molecular weight is 300 g/mol. The molecule has 0 aliphatic carbocycles. The van der Waals surface area contributed by atoms with E-state index in [2.05, 4.69) is 19.7 Å². The number of hydrogen-bond donors (Lipinski definition) is 1. The topological polar surface area (TPSA) is 91.0 Å². The third-order valence-electron chi connectivity index (χ3n) is 3.07. The molecule has 0 saturated carbocycles. The Bertz CT molecular complexity index is 821. The van der Waals surface area contributed by atoms with Crippen molar-refractivity contribution in [1.29, 1.82) is 0 Å². The molecule has 0 saturated heterocycles. The SMILES string of the molecule is COC(=O)c1c(C)nc(-c2cnc3ccsc3c2)nc1N. The highest BCUT2D eigenvalue weighted by Crippen LogP contribution is 2.25. The van der Waals surface area contributed by atoms with Gasteiger partial charge in [-0.3, -0.25) is 4.98 Å². The van der Waals surface area contributed by atoms with Crippen molar-refractivity contribution in [2.45, 2.75) is 6.92 Å². The zero-order valence-electron chi connectivity index (χ0n) is 11.5. The summed E-state index contributed by atoms with van der Waals surface area (Å²) in [6, 6.07) is 3.91. The van der Waals surface area contributed by atoms with Gasteiger partial charge in [0, 0.05) is 11.8 Å². The second kappa shape index (κ2) is 5.10. The lowest BCUT2D eigenvalue weighted by atomic mass is 10.2. The largest absolute Gasteiger partial charge is 0.465 e. The number of nitrogens with zero attached hydrogens (tertiary/aromatic N) is 3. The molecule has 0 bridgehead atoms. The van der Waals surface area contributed by atoms with Crippen molar-refractivity contribution in [1.82, 2.24) is 15.0 Å². The van der Waals surface area contributed by atoms with Gasteiger partial charge in [0.05, 0.1) is 23.0 Å². The number of esters is 1. The number of aryl methyl sites for hydroxylation is 1.